The predicted molar refractivity (Wildman–Crippen MR) is 119 cm³/mol. The number of hydrogen-bond donors (Lipinski definition) is 3. The van der Waals surface area contributed by atoms with Crippen LogP contribution in [0.15, 0.2) is 29.2 Å². The van der Waals surface area contributed by atoms with Gasteiger partial charge in [-0.3, -0.25) is 9.69 Å². The Kier molecular flexibility index (Phi) is 8.11. The van der Waals surface area contributed by atoms with Crippen LogP contribution in [0.3, 0.4) is 0 Å². The molecule has 2 aliphatic rings. The number of urea groups is 2. The van der Waals surface area contributed by atoms with Crippen LogP contribution in [0.2, 0.25) is 0 Å². The molecule has 1 saturated carbocycles. The molecule has 2 fully saturated rings. The van der Waals surface area contributed by atoms with Crippen molar-refractivity contribution in [3.8, 4) is 0 Å². The van der Waals surface area contributed by atoms with E-state index in [9.17, 15) is 22.8 Å². The quantitative estimate of drug-likeness (QED) is 0.597. The third-order valence-corrected chi connectivity index (χ3v) is 7.35. The second-order valence-corrected chi connectivity index (χ2v) is 10.4. The minimum Gasteiger partial charge on any atom is -0.337 e. The summed E-state index contributed by atoms with van der Waals surface area (Å²) < 4.78 is 27.0. The van der Waals surface area contributed by atoms with Crippen LogP contribution in [0.5, 0.6) is 0 Å². The van der Waals surface area contributed by atoms with Gasteiger partial charge in [-0.15, -0.1) is 0 Å². The van der Waals surface area contributed by atoms with Crippen LogP contribution in [0.4, 0.5) is 9.59 Å². The normalized spacial score (nSPS) is 20.0. The fourth-order valence-corrected chi connectivity index (χ4v) is 5.00. The molecule has 10 heteroatoms. The summed E-state index contributed by atoms with van der Waals surface area (Å²) in [5.74, 6) is 0.144. The number of nitrogens with zero attached hydrogens (tertiary/aromatic N) is 1. The van der Waals surface area contributed by atoms with E-state index < -0.39 is 22.1 Å². The first-order valence-corrected chi connectivity index (χ1v) is 12.7. The Bertz CT molecular complexity index is 926. The number of nitrogens with one attached hydrogen (secondary N) is 3. The van der Waals surface area contributed by atoms with Crippen molar-refractivity contribution >= 4 is 28.0 Å². The highest BCUT2D eigenvalue weighted by atomic mass is 32.2. The number of rotatable bonds is 6. The van der Waals surface area contributed by atoms with Crippen molar-refractivity contribution in [2.45, 2.75) is 69.2 Å². The van der Waals surface area contributed by atoms with E-state index in [-0.39, 0.29) is 16.8 Å². The molecule has 0 spiro atoms. The highest BCUT2D eigenvalue weighted by molar-refractivity contribution is 7.90. The molecule has 0 aromatic heterocycles. The molecule has 3 N–H and O–H groups in total. The smallest absolute Gasteiger partial charge is 0.328 e. The lowest BCUT2D eigenvalue weighted by atomic mass is 9.96. The van der Waals surface area contributed by atoms with Gasteiger partial charge < -0.3 is 10.6 Å². The van der Waals surface area contributed by atoms with Gasteiger partial charge >= 0.3 is 12.1 Å². The van der Waals surface area contributed by atoms with Crippen LogP contribution in [0.25, 0.3) is 0 Å². The van der Waals surface area contributed by atoms with Crippen molar-refractivity contribution in [1.29, 1.82) is 0 Å². The summed E-state index contributed by atoms with van der Waals surface area (Å²) in [6.45, 7) is 2.75. The van der Waals surface area contributed by atoms with Crippen LogP contribution in [0.1, 0.15) is 57.4 Å². The average molecular weight is 465 g/mol. The van der Waals surface area contributed by atoms with Crippen molar-refractivity contribution < 1.29 is 22.8 Å². The largest absolute Gasteiger partial charge is 0.337 e. The number of carbonyl (C=O) groups excluding carboxylic acids is 3. The van der Waals surface area contributed by atoms with Crippen LogP contribution in [-0.2, 0) is 21.2 Å². The van der Waals surface area contributed by atoms with E-state index in [2.05, 4.69) is 15.4 Å². The number of imide groups is 1. The van der Waals surface area contributed by atoms with Crippen molar-refractivity contribution in [2.24, 2.45) is 5.92 Å². The van der Waals surface area contributed by atoms with Gasteiger partial charge in [0.15, 0.2) is 0 Å². The first kappa shape index (κ1) is 24.0. The van der Waals surface area contributed by atoms with Crippen molar-refractivity contribution in [1.82, 2.24) is 20.3 Å². The van der Waals surface area contributed by atoms with Gasteiger partial charge in [-0.1, -0.05) is 38.3 Å². The zero-order valence-electron chi connectivity index (χ0n) is 18.4. The van der Waals surface area contributed by atoms with Gasteiger partial charge in [0.1, 0.15) is 0 Å². The van der Waals surface area contributed by atoms with E-state index in [0.717, 1.165) is 44.1 Å². The number of carbonyl (C=O) groups is 3. The van der Waals surface area contributed by atoms with Gasteiger partial charge in [0, 0.05) is 25.6 Å². The molecule has 1 aromatic carbocycles. The Morgan fingerprint density at radius 3 is 2.41 bits per heavy atom. The van der Waals surface area contributed by atoms with E-state index in [1.165, 1.54) is 17.0 Å². The molecule has 1 aliphatic carbocycles. The maximum atomic E-state index is 12.5. The fourth-order valence-electron chi connectivity index (χ4n) is 4.09. The Hall–Kier alpha value is -2.62. The summed E-state index contributed by atoms with van der Waals surface area (Å²) >= 11 is 0. The lowest BCUT2D eigenvalue weighted by molar-refractivity contribution is -0.131. The number of likely N-dealkylation sites (tertiary alicyclic amines) is 1. The second-order valence-electron chi connectivity index (χ2n) is 8.68. The maximum Gasteiger partial charge on any atom is 0.328 e. The van der Waals surface area contributed by atoms with Crippen LogP contribution in [-0.4, -0.2) is 50.4 Å². The Morgan fingerprint density at radius 2 is 1.75 bits per heavy atom. The summed E-state index contributed by atoms with van der Waals surface area (Å²) in [4.78, 5) is 37.5. The van der Waals surface area contributed by atoms with E-state index in [1.54, 1.807) is 12.1 Å². The van der Waals surface area contributed by atoms with Gasteiger partial charge in [0.25, 0.3) is 10.0 Å². The number of benzene rings is 1. The minimum atomic E-state index is -3.96. The molecular formula is C22H32N4O5S. The molecule has 1 saturated heterocycles. The average Bonchev–Trinajstić information content (AvgIpc) is 2.74. The molecule has 9 nitrogen and oxygen atoms in total. The number of piperidine rings is 1. The van der Waals surface area contributed by atoms with Gasteiger partial charge in [-0.05, 0) is 49.3 Å². The van der Waals surface area contributed by atoms with Gasteiger partial charge in [-0.2, -0.15) is 0 Å². The third-order valence-electron chi connectivity index (χ3n) is 6.01. The van der Waals surface area contributed by atoms with Crippen LogP contribution < -0.4 is 15.4 Å². The highest BCUT2D eigenvalue weighted by Gasteiger charge is 2.27. The number of sulfonamides is 1. The van der Waals surface area contributed by atoms with E-state index in [0.29, 0.717) is 31.8 Å². The lowest BCUT2D eigenvalue weighted by Crippen LogP contribution is -2.48. The molecule has 1 unspecified atom stereocenters. The topological polar surface area (TPSA) is 125 Å². The van der Waals surface area contributed by atoms with E-state index >= 15 is 0 Å². The second kappa shape index (κ2) is 10.8. The predicted octanol–water partition coefficient (Wildman–Crippen LogP) is 2.52. The standard InChI is InChI=1S/C22H32N4O5S/c1-16-12-14-26(20(27)15-16)22(29)23-13-11-17-7-9-19(10-8-17)32(30,31)25-21(28)24-18-5-3-2-4-6-18/h7-10,16,18H,2-6,11-15H2,1H3,(H,23,29)(H2,24,25,28). The highest BCUT2D eigenvalue weighted by Crippen LogP contribution is 2.18. The summed E-state index contributed by atoms with van der Waals surface area (Å²) in [5, 5.41) is 5.47. The lowest BCUT2D eigenvalue weighted by Gasteiger charge is -2.28. The number of amides is 5. The molecule has 0 radical (unpaired) electrons. The van der Waals surface area contributed by atoms with Crippen molar-refractivity contribution in [2.75, 3.05) is 13.1 Å². The molecule has 5 amide bonds. The van der Waals surface area contributed by atoms with Gasteiger partial charge in [0.05, 0.1) is 4.90 Å². The summed E-state index contributed by atoms with van der Waals surface area (Å²) in [5.41, 5.74) is 0.828. The molecule has 176 valence electrons. The summed E-state index contributed by atoms with van der Waals surface area (Å²) in [7, 11) is -3.96. The first-order chi connectivity index (χ1) is 15.2. The zero-order chi connectivity index (χ0) is 23.1. The Balaban J connectivity index is 1.46. The molecule has 1 aliphatic heterocycles. The monoisotopic (exact) mass is 464 g/mol. The Morgan fingerprint density at radius 1 is 1.06 bits per heavy atom. The molecule has 3 rings (SSSR count). The molecule has 1 aromatic rings. The molecular weight excluding hydrogens is 432 g/mol. The minimum absolute atomic E-state index is 0.00267. The molecule has 1 atom stereocenters. The van der Waals surface area contributed by atoms with Crippen molar-refractivity contribution in [3.63, 3.8) is 0 Å². The molecule has 0 bridgehead atoms. The summed E-state index contributed by atoms with van der Waals surface area (Å²) in [6.07, 6.45) is 6.62. The molecule has 32 heavy (non-hydrogen) atoms. The van der Waals surface area contributed by atoms with Crippen molar-refractivity contribution in [3.05, 3.63) is 29.8 Å². The van der Waals surface area contributed by atoms with Crippen LogP contribution in [0, 0.1) is 5.92 Å². The first-order valence-electron chi connectivity index (χ1n) is 11.2. The summed E-state index contributed by atoms with van der Waals surface area (Å²) in [6, 6.07) is 5.08. The SMILES string of the molecule is CC1CCN(C(=O)NCCc2ccc(S(=O)(=O)NC(=O)NC3CCCCC3)cc2)C(=O)C1. The van der Waals surface area contributed by atoms with E-state index in [1.807, 2.05) is 6.92 Å². The zero-order valence-corrected chi connectivity index (χ0v) is 19.2. The van der Waals surface area contributed by atoms with Gasteiger partial charge in [-0.25, -0.2) is 22.7 Å². The van der Waals surface area contributed by atoms with Gasteiger partial charge in [0.2, 0.25) is 5.91 Å². The number of hydrogen-bond acceptors (Lipinski definition) is 5. The Labute approximate surface area is 189 Å². The van der Waals surface area contributed by atoms with E-state index in [4.69, 9.17) is 0 Å². The third kappa shape index (κ3) is 6.69. The fraction of sp³-hybridized carbons (Fsp3) is 0.591. The van der Waals surface area contributed by atoms with Crippen LogP contribution >= 0.6 is 0 Å². The maximum absolute atomic E-state index is 12.5. The molecule has 1 heterocycles.